The first-order chi connectivity index (χ1) is 8.61. The lowest BCUT2D eigenvalue weighted by atomic mass is 10.4. The summed E-state index contributed by atoms with van der Waals surface area (Å²) in [5.74, 6) is -0.495. The van der Waals surface area contributed by atoms with Crippen LogP contribution < -0.4 is 11.2 Å². The van der Waals surface area contributed by atoms with Gasteiger partial charge in [0.2, 0.25) is 11.6 Å². The first kappa shape index (κ1) is 11.9. The second-order valence-corrected chi connectivity index (χ2v) is 3.34. The van der Waals surface area contributed by atoms with E-state index in [0.717, 1.165) is 4.57 Å². The number of nitrogens with zero attached hydrogens (tertiary/aromatic N) is 1. The minimum atomic E-state index is -0.646. The van der Waals surface area contributed by atoms with Gasteiger partial charge in [-0.05, 0) is 13.0 Å². The summed E-state index contributed by atoms with van der Waals surface area (Å²) in [4.78, 5) is 35.8. The third-order valence-electron chi connectivity index (χ3n) is 2.13. The Hall–Kier alpha value is -2.57. The first-order valence-corrected chi connectivity index (χ1v) is 5.21. The van der Waals surface area contributed by atoms with Crippen LogP contribution in [0.4, 0.5) is 0 Å². The van der Waals surface area contributed by atoms with E-state index in [-0.39, 0.29) is 18.3 Å². The van der Waals surface area contributed by atoms with Crippen molar-refractivity contribution in [2.24, 2.45) is 0 Å². The monoisotopic (exact) mass is 250 g/mol. The lowest BCUT2D eigenvalue weighted by molar-refractivity contribution is 0.0489. The summed E-state index contributed by atoms with van der Waals surface area (Å²) in [5, 5.41) is 0. The zero-order valence-corrected chi connectivity index (χ0v) is 9.50. The van der Waals surface area contributed by atoms with E-state index in [1.54, 1.807) is 6.92 Å². The molecule has 2 aromatic rings. The molecule has 0 spiro atoms. The third-order valence-corrected chi connectivity index (χ3v) is 2.13. The molecule has 2 rings (SSSR count). The number of ether oxygens (including phenoxy) is 1. The molecule has 7 heteroatoms. The van der Waals surface area contributed by atoms with E-state index in [4.69, 9.17) is 9.15 Å². The van der Waals surface area contributed by atoms with Gasteiger partial charge in [0.15, 0.2) is 0 Å². The zero-order chi connectivity index (χ0) is 13.1. The standard InChI is InChI=1S/C11H10N2O5/c1-2-17-10(15)7-3-4-9(18-7)13-6-5-8(14)12-11(13)16/h3-6H,2H2,1H3,(H,12,14,16). The molecule has 0 unspecified atom stereocenters. The predicted molar refractivity (Wildman–Crippen MR) is 60.9 cm³/mol. The van der Waals surface area contributed by atoms with E-state index in [1.165, 1.54) is 24.4 Å². The van der Waals surface area contributed by atoms with Crippen molar-refractivity contribution in [2.45, 2.75) is 6.92 Å². The van der Waals surface area contributed by atoms with Crippen molar-refractivity contribution in [1.29, 1.82) is 0 Å². The lowest BCUT2D eigenvalue weighted by Crippen LogP contribution is -2.27. The van der Waals surface area contributed by atoms with Gasteiger partial charge in [0.05, 0.1) is 6.61 Å². The number of rotatable bonds is 3. The van der Waals surface area contributed by atoms with E-state index in [1.807, 2.05) is 0 Å². The number of carbonyl (C=O) groups is 1. The van der Waals surface area contributed by atoms with Crippen molar-refractivity contribution in [3.05, 3.63) is 51.0 Å². The number of esters is 1. The molecule has 94 valence electrons. The highest BCUT2D eigenvalue weighted by atomic mass is 16.5. The predicted octanol–water partition coefficient (Wildman–Crippen LogP) is 0.295. The fraction of sp³-hybridized carbons (Fsp3) is 0.182. The fourth-order valence-electron chi connectivity index (χ4n) is 1.36. The molecule has 0 saturated heterocycles. The summed E-state index contributed by atoms with van der Waals surface area (Å²) < 4.78 is 11.0. The molecular formula is C11H10N2O5. The van der Waals surface area contributed by atoms with Gasteiger partial charge >= 0.3 is 11.7 Å². The van der Waals surface area contributed by atoms with Crippen molar-refractivity contribution >= 4 is 5.97 Å². The Balaban J connectivity index is 2.38. The van der Waals surface area contributed by atoms with Gasteiger partial charge in [0.25, 0.3) is 5.56 Å². The van der Waals surface area contributed by atoms with E-state index in [9.17, 15) is 14.4 Å². The molecular weight excluding hydrogens is 240 g/mol. The van der Waals surface area contributed by atoms with Crippen LogP contribution in [-0.4, -0.2) is 22.1 Å². The second kappa shape index (κ2) is 4.74. The summed E-state index contributed by atoms with van der Waals surface area (Å²) in [7, 11) is 0. The van der Waals surface area contributed by atoms with Gasteiger partial charge in [0.1, 0.15) is 0 Å². The maximum atomic E-state index is 11.5. The topological polar surface area (TPSA) is 94.3 Å². The highest BCUT2D eigenvalue weighted by Crippen LogP contribution is 2.11. The Morgan fingerprint density at radius 2 is 2.17 bits per heavy atom. The molecule has 0 fully saturated rings. The molecule has 1 N–H and O–H groups in total. The Labute approximate surface area is 101 Å². The van der Waals surface area contributed by atoms with Gasteiger partial charge in [0, 0.05) is 18.3 Å². The van der Waals surface area contributed by atoms with Crippen molar-refractivity contribution in [3.63, 3.8) is 0 Å². The maximum absolute atomic E-state index is 11.5. The maximum Gasteiger partial charge on any atom is 0.374 e. The number of furan rings is 1. The zero-order valence-electron chi connectivity index (χ0n) is 9.50. The molecule has 2 heterocycles. The number of hydrogen-bond donors (Lipinski definition) is 1. The molecule has 0 aliphatic heterocycles. The Morgan fingerprint density at radius 1 is 1.39 bits per heavy atom. The Morgan fingerprint density at radius 3 is 2.83 bits per heavy atom. The molecule has 0 aliphatic rings. The Kier molecular flexibility index (Phi) is 3.13. The van der Waals surface area contributed by atoms with Crippen molar-refractivity contribution in [1.82, 2.24) is 9.55 Å². The van der Waals surface area contributed by atoms with Crippen molar-refractivity contribution in [2.75, 3.05) is 6.61 Å². The molecule has 0 bridgehead atoms. The van der Waals surface area contributed by atoms with Crippen molar-refractivity contribution < 1.29 is 13.9 Å². The molecule has 0 aromatic carbocycles. The van der Waals surface area contributed by atoms with Crippen LogP contribution in [0.5, 0.6) is 0 Å². The van der Waals surface area contributed by atoms with E-state index >= 15 is 0 Å². The van der Waals surface area contributed by atoms with Crippen LogP contribution in [0, 0.1) is 0 Å². The SMILES string of the molecule is CCOC(=O)c1ccc(-n2ccc(=O)[nH]c2=O)o1. The normalized spacial score (nSPS) is 10.3. The smallest absolute Gasteiger partial charge is 0.374 e. The highest BCUT2D eigenvalue weighted by Gasteiger charge is 2.13. The molecule has 0 saturated carbocycles. The second-order valence-electron chi connectivity index (χ2n) is 3.34. The van der Waals surface area contributed by atoms with Gasteiger partial charge in [-0.25, -0.2) is 14.2 Å². The van der Waals surface area contributed by atoms with Gasteiger partial charge in [-0.15, -0.1) is 0 Å². The van der Waals surface area contributed by atoms with Crippen LogP contribution in [0.1, 0.15) is 17.5 Å². The van der Waals surface area contributed by atoms with Crippen LogP contribution in [0.25, 0.3) is 5.88 Å². The molecule has 0 aliphatic carbocycles. The minimum absolute atomic E-state index is 0.00931. The van der Waals surface area contributed by atoms with Crippen LogP contribution in [0.2, 0.25) is 0 Å². The minimum Gasteiger partial charge on any atom is -0.460 e. The molecule has 0 atom stereocenters. The highest BCUT2D eigenvalue weighted by molar-refractivity contribution is 5.86. The van der Waals surface area contributed by atoms with Crippen LogP contribution in [0.3, 0.4) is 0 Å². The van der Waals surface area contributed by atoms with Gasteiger partial charge in [-0.3, -0.25) is 9.78 Å². The average Bonchev–Trinajstić information content (AvgIpc) is 2.78. The molecule has 18 heavy (non-hydrogen) atoms. The van der Waals surface area contributed by atoms with E-state index in [0.29, 0.717) is 0 Å². The van der Waals surface area contributed by atoms with E-state index < -0.39 is 17.2 Å². The number of nitrogens with one attached hydrogen (secondary N) is 1. The summed E-state index contributed by atoms with van der Waals surface area (Å²) in [6.07, 6.45) is 1.26. The summed E-state index contributed by atoms with van der Waals surface area (Å²) in [6, 6.07) is 4.00. The third kappa shape index (κ3) is 2.24. The lowest BCUT2D eigenvalue weighted by Gasteiger charge is -1.99. The quantitative estimate of drug-likeness (QED) is 0.790. The van der Waals surface area contributed by atoms with Gasteiger partial charge in [-0.1, -0.05) is 0 Å². The number of hydrogen-bond acceptors (Lipinski definition) is 5. The van der Waals surface area contributed by atoms with E-state index in [2.05, 4.69) is 4.98 Å². The number of aromatic amines is 1. The number of H-pyrrole nitrogens is 1. The largest absolute Gasteiger partial charge is 0.460 e. The first-order valence-electron chi connectivity index (χ1n) is 5.21. The molecule has 0 amide bonds. The number of aromatic nitrogens is 2. The molecule has 2 aromatic heterocycles. The summed E-state index contributed by atoms with van der Waals surface area (Å²) in [6.45, 7) is 1.90. The number of carbonyl (C=O) groups excluding carboxylic acids is 1. The fourth-order valence-corrected chi connectivity index (χ4v) is 1.36. The van der Waals surface area contributed by atoms with Gasteiger partial charge in [-0.2, -0.15) is 0 Å². The van der Waals surface area contributed by atoms with Crippen LogP contribution in [0.15, 0.2) is 38.4 Å². The molecule has 7 nitrogen and oxygen atoms in total. The van der Waals surface area contributed by atoms with Crippen molar-refractivity contribution in [3.8, 4) is 5.88 Å². The Bertz CT molecular complexity index is 679. The summed E-state index contributed by atoms with van der Waals surface area (Å²) >= 11 is 0. The molecule has 0 radical (unpaired) electrons. The average molecular weight is 250 g/mol. The van der Waals surface area contributed by atoms with Gasteiger partial charge < -0.3 is 9.15 Å². The summed E-state index contributed by atoms with van der Waals surface area (Å²) in [5.41, 5.74) is -1.15. The van der Waals surface area contributed by atoms with Crippen LogP contribution in [-0.2, 0) is 4.74 Å². The van der Waals surface area contributed by atoms with Crippen LogP contribution >= 0.6 is 0 Å².